The van der Waals surface area contributed by atoms with E-state index in [9.17, 15) is 0 Å². The van der Waals surface area contributed by atoms with E-state index in [1.54, 1.807) is 6.33 Å². The summed E-state index contributed by atoms with van der Waals surface area (Å²) in [5.74, 6) is 0.977. The molecule has 1 aromatic carbocycles. The standard InChI is InChI=1S/C16H21N5/c1-3-21-15(18-11-19-21)10-20-8-7-13-5-4-6-14(16(13)20)9-12(2)17/h4-8,11-12H,3,9-10,17H2,1-2H3. The lowest BCUT2D eigenvalue weighted by atomic mass is 10.0. The minimum Gasteiger partial charge on any atom is -0.340 e. The molecular weight excluding hydrogens is 262 g/mol. The highest BCUT2D eigenvalue weighted by molar-refractivity contribution is 5.83. The third kappa shape index (κ3) is 2.69. The zero-order valence-corrected chi connectivity index (χ0v) is 12.5. The first-order chi connectivity index (χ1) is 10.2. The van der Waals surface area contributed by atoms with E-state index in [0.29, 0.717) is 0 Å². The molecule has 0 radical (unpaired) electrons. The predicted molar refractivity (Wildman–Crippen MR) is 84.1 cm³/mol. The quantitative estimate of drug-likeness (QED) is 0.780. The van der Waals surface area contributed by atoms with E-state index in [-0.39, 0.29) is 6.04 Å². The second kappa shape index (κ2) is 5.69. The Morgan fingerprint density at radius 3 is 2.90 bits per heavy atom. The summed E-state index contributed by atoms with van der Waals surface area (Å²) in [5, 5.41) is 5.48. The fourth-order valence-corrected chi connectivity index (χ4v) is 2.81. The van der Waals surface area contributed by atoms with E-state index in [4.69, 9.17) is 5.73 Å². The molecule has 110 valence electrons. The number of nitrogens with zero attached hydrogens (tertiary/aromatic N) is 4. The van der Waals surface area contributed by atoms with Crippen LogP contribution < -0.4 is 5.73 Å². The van der Waals surface area contributed by atoms with Crippen LogP contribution in [0.25, 0.3) is 10.9 Å². The first kappa shape index (κ1) is 13.8. The molecule has 0 aliphatic carbocycles. The molecule has 0 saturated heterocycles. The lowest BCUT2D eigenvalue weighted by Gasteiger charge is -2.11. The van der Waals surface area contributed by atoms with Crippen LogP contribution in [-0.2, 0) is 19.5 Å². The smallest absolute Gasteiger partial charge is 0.146 e. The van der Waals surface area contributed by atoms with Gasteiger partial charge in [0.05, 0.1) is 12.1 Å². The average molecular weight is 283 g/mol. The molecule has 0 aliphatic rings. The number of benzene rings is 1. The van der Waals surface area contributed by atoms with Crippen molar-refractivity contribution in [1.29, 1.82) is 0 Å². The van der Waals surface area contributed by atoms with Gasteiger partial charge in [0.2, 0.25) is 0 Å². The van der Waals surface area contributed by atoms with Crippen molar-refractivity contribution in [2.45, 2.75) is 39.4 Å². The molecule has 1 unspecified atom stereocenters. The number of aromatic nitrogens is 4. The van der Waals surface area contributed by atoms with Gasteiger partial charge in [0.25, 0.3) is 0 Å². The third-order valence-electron chi connectivity index (χ3n) is 3.72. The second-order valence-electron chi connectivity index (χ2n) is 5.47. The maximum absolute atomic E-state index is 5.98. The topological polar surface area (TPSA) is 61.7 Å². The van der Waals surface area contributed by atoms with Crippen molar-refractivity contribution in [3.63, 3.8) is 0 Å². The van der Waals surface area contributed by atoms with Gasteiger partial charge in [0.15, 0.2) is 0 Å². The molecule has 0 aliphatic heterocycles. The Morgan fingerprint density at radius 2 is 2.14 bits per heavy atom. The second-order valence-corrected chi connectivity index (χ2v) is 5.47. The summed E-state index contributed by atoms with van der Waals surface area (Å²) in [6, 6.07) is 8.69. The Balaban J connectivity index is 2.02. The first-order valence-electron chi connectivity index (χ1n) is 7.38. The van der Waals surface area contributed by atoms with E-state index in [1.165, 1.54) is 16.5 Å². The van der Waals surface area contributed by atoms with Gasteiger partial charge in [-0.25, -0.2) is 9.67 Å². The molecule has 21 heavy (non-hydrogen) atoms. The maximum atomic E-state index is 5.98. The Kier molecular flexibility index (Phi) is 3.75. The van der Waals surface area contributed by atoms with Crippen molar-refractivity contribution >= 4 is 10.9 Å². The number of nitrogens with two attached hydrogens (primary N) is 1. The van der Waals surface area contributed by atoms with Gasteiger partial charge in [-0.05, 0) is 37.3 Å². The number of aryl methyl sites for hydroxylation is 1. The van der Waals surface area contributed by atoms with Gasteiger partial charge in [0.1, 0.15) is 12.2 Å². The van der Waals surface area contributed by atoms with Crippen LogP contribution in [0.5, 0.6) is 0 Å². The summed E-state index contributed by atoms with van der Waals surface area (Å²) in [5.41, 5.74) is 8.52. The molecule has 0 saturated carbocycles. The Bertz CT molecular complexity index is 738. The van der Waals surface area contributed by atoms with Crippen LogP contribution in [0, 0.1) is 0 Å². The van der Waals surface area contributed by atoms with Gasteiger partial charge >= 0.3 is 0 Å². The predicted octanol–water partition coefficient (Wildman–Crippen LogP) is 2.19. The van der Waals surface area contributed by atoms with Crippen LogP contribution >= 0.6 is 0 Å². The molecule has 0 spiro atoms. The lowest BCUT2D eigenvalue weighted by molar-refractivity contribution is 0.596. The van der Waals surface area contributed by atoms with Crippen molar-refractivity contribution in [2.75, 3.05) is 0 Å². The van der Waals surface area contributed by atoms with Crippen molar-refractivity contribution in [3.05, 3.63) is 48.2 Å². The van der Waals surface area contributed by atoms with Crippen molar-refractivity contribution in [3.8, 4) is 0 Å². The molecule has 3 aromatic rings. The molecule has 0 bridgehead atoms. The van der Waals surface area contributed by atoms with E-state index in [0.717, 1.165) is 25.3 Å². The highest BCUT2D eigenvalue weighted by atomic mass is 15.3. The number of rotatable bonds is 5. The van der Waals surface area contributed by atoms with Crippen molar-refractivity contribution < 1.29 is 0 Å². The fourth-order valence-electron chi connectivity index (χ4n) is 2.81. The summed E-state index contributed by atoms with van der Waals surface area (Å²) in [6.45, 7) is 5.68. The van der Waals surface area contributed by atoms with E-state index in [1.807, 2.05) is 11.6 Å². The fraction of sp³-hybridized carbons (Fsp3) is 0.375. The highest BCUT2D eigenvalue weighted by Gasteiger charge is 2.10. The Morgan fingerprint density at radius 1 is 1.29 bits per heavy atom. The SMILES string of the molecule is CCn1ncnc1Cn1ccc2cccc(CC(C)N)c21. The van der Waals surface area contributed by atoms with E-state index >= 15 is 0 Å². The zero-order chi connectivity index (χ0) is 14.8. The lowest BCUT2D eigenvalue weighted by Crippen LogP contribution is -2.18. The normalized spacial score (nSPS) is 12.9. The monoisotopic (exact) mass is 283 g/mol. The number of fused-ring (bicyclic) bond motifs is 1. The minimum absolute atomic E-state index is 0.151. The van der Waals surface area contributed by atoms with Gasteiger partial charge in [-0.1, -0.05) is 18.2 Å². The summed E-state index contributed by atoms with van der Waals surface area (Å²) < 4.78 is 4.17. The van der Waals surface area contributed by atoms with Gasteiger partial charge in [-0.2, -0.15) is 5.10 Å². The first-order valence-corrected chi connectivity index (χ1v) is 7.38. The molecule has 3 rings (SSSR count). The van der Waals surface area contributed by atoms with E-state index in [2.05, 4.69) is 52.0 Å². The zero-order valence-electron chi connectivity index (χ0n) is 12.5. The molecule has 5 nitrogen and oxygen atoms in total. The van der Waals surface area contributed by atoms with Crippen molar-refractivity contribution in [2.24, 2.45) is 5.73 Å². The van der Waals surface area contributed by atoms with Gasteiger partial charge in [-0.3, -0.25) is 0 Å². The van der Waals surface area contributed by atoms with Crippen LogP contribution in [0.2, 0.25) is 0 Å². The van der Waals surface area contributed by atoms with Crippen LogP contribution in [-0.4, -0.2) is 25.4 Å². The average Bonchev–Trinajstić information content (AvgIpc) is 3.06. The molecule has 2 N–H and O–H groups in total. The van der Waals surface area contributed by atoms with Crippen LogP contribution in [0.15, 0.2) is 36.8 Å². The summed E-state index contributed by atoms with van der Waals surface area (Å²) in [6.07, 6.45) is 4.61. The molecule has 2 aromatic heterocycles. The molecular formula is C16H21N5. The number of hydrogen-bond donors (Lipinski definition) is 1. The largest absolute Gasteiger partial charge is 0.340 e. The van der Waals surface area contributed by atoms with Gasteiger partial charge in [-0.15, -0.1) is 0 Å². The summed E-state index contributed by atoms with van der Waals surface area (Å²) in [4.78, 5) is 4.37. The van der Waals surface area contributed by atoms with Crippen LogP contribution in [0.1, 0.15) is 25.2 Å². The summed E-state index contributed by atoms with van der Waals surface area (Å²) in [7, 11) is 0. The number of hydrogen-bond acceptors (Lipinski definition) is 3. The van der Waals surface area contributed by atoms with Crippen LogP contribution in [0.4, 0.5) is 0 Å². The molecule has 1 atom stereocenters. The molecule has 0 fully saturated rings. The van der Waals surface area contributed by atoms with Crippen molar-refractivity contribution in [1.82, 2.24) is 19.3 Å². The number of para-hydroxylation sites is 1. The van der Waals surface area contributed by atoms with E-state index < -0.39 is 0 Å². The molecule has 2 heterocycles. The highest BCUT2D eigenvalue weighted by Crippen LogP contribution is 2.22. The third-order valence-corrected chi connectivity index (χ3v) is 3.72. The van der Waals surface area contributed by atoms with Gasteiger partial charge < -0.3 is 10.3 Å². The Hall–Kier alpha value is -2.14. The molecule has 0 amide bonds. The molecule has 5 heteroatoms. The minimum atomic E-state index is 0.151. The van der Waals surface area contributed by atoms with Gasteiger partial charge in [0, 0.05) is 18.8 Å². The maximum Gasteiger partial charge on any atom is 0.146 e. The Labute approximate surface area is 124 Å². The summed E-state index contributed by atoms with van der Waals surface area (Å²) >= 11 is 0. The van der Waals surface area contributed by atoms with Crippen LogP contribution in [0.3, 0.4) is 0 Å².